The average Bonchev–Trinajstić information content (AvgIpc) is 2.85. The highest BCUT2D eigenvalue weighted by atomic mass is 19.1. The van der Waals surface area contributed by atoms with E-state index in [-0.39, 0.29) is 11.6 Å². The van der Waals surface area contributed by atoms with Gasteiger partial charge in [-0.15, -0.1) is 0 Å². The quantitative estimate of drug-likeness (QED) is 0.617. The van der Waals surface area contributed by atoms with E-state index >= 15 is 0 Å². The molecule has 1 saturated heterocycles. The van der Waals surface area contributed by atoms with Crippen LogP contribution in [0.25, 0.3) is 0 Å². The van der Waals surface area contributed by atoms with E-state index in [0.717, 1.165) is 30.9 Å². The molecule has 32 heavy (non-hydrogen) atoms. The standard InChI is InChI=1S/C25H27FN4O2/c1-32-23-11-5-3-9-20(23)22-18-27-14-15-29(22)16-17-30(24-12-6-7-13-28-24)25(31)19-8-2-4-10-21(19)26/h2-13,22,27H,14-18H2,1H3. The molecule has 166 valence electrons. The molecule has 1 aliphatic heterocycles. The van der Waals surface area contributed by atoms with Crippen molar-refractivity contribution in [2.75, 3.05) is 44.7 Å². The molecule has 0 aliphatic carbocycles. The van der Waals surface area contributed by atoms with Gasteiger partial charge in [-0.3, -0.25) is 14.6 Å². The van der Waals surface area contributed by atoms with E-state index in [2.05, 4.69) is 21.3 Å². The minimum Gasteiger partial charge on any atom is -0.496 e. The van der Waals surface area contributed by atoms with Crippen LogP contribution in [0.3, 0.4) is 0 Å². The Balaban J connectivity index is 1.58. The molecule has 0 spiro atoms. The summed E-state index contributed by atoms with van der Waals surface area (Å²) in [4.78, 5) is 21.5. The first-order valence-electron chi connectivity index (χ1n) is 10.7. The van der Waals surface area contributed by atoms with Gasteiger partial charge in [0.2, 0.25) is 0 Å². The van der Waals surface area contributed by atoms with Gasteiger partial charge in [-0.1, -0.05) is 36.4 Å². The number of rotatable bonds is 7. The van der Waals surface area contributed by atoms with Crippen molar-refractivity contribution in [3.05, 3.63) is 89.9 Å². The lowest BCUT2D eigenvalue weighted by molar-refractivity contribution is 0.0972. The van der Waals surface area contributed by atoms with Gasteiger partial charge in [0.15, 0.2) is 0 Å². The number of nitrogens with one attached hydrogen (secondary N) is 1. The zero-order valence-corrected chi connectivity index (χ0v) is 18.1. The molecule has 0 radical (unpaired) electrons. The van der Waals surface area contributed by atoms with Gasteiger partial charge < -0.3 is 10.1 Å². The zero-order chi connectivity index (χ0) is 22.3. The van der Waals surface area contributed by atoms with Crippen LogP contribution in [-0.4, -0.2) is 55.6 Å². The fourth-order valence-electron chi connectivity index (χ4n) is 4.10. The van der Waals surface area contributed by atoms with E-state index in [9.17, 15) is 9.18 Å². The maximum absolute atomic E-state index is 14.4. The van der Waals surface area contributed by atoms with Crippen LogP contribution in [0.5, 0.6) is 5.75 Å². The lowest BCUT2D eigenvalue weighted by Gasteiger charge is -2.38. The van der Waals surface area contributed by atoms with Crippen LogP contribution in [0, 0.1) is 5.82 Å². The van der Waals surface area contributed by atoms with E-state index < -0.39 is 11.7 Å². The van der Waals surface area contributed by atoms with Gasteiger partial charge in [0.1, 0.15) is 17.4 Å². The van der Waals surface area contributed by atoms with Crippen molar-refractivity contribution < 1.29 is 13.9 Å². The molecule has 1 atom stereocenters. The highest BCUT2D eigenvalue weighted by molar-refractivity contribution is 6.05. The first-order chi connectivity index (χ1) is 15.7. The summed E-state index contributed by atoms with van der Waals surface area (Å²) < 4.78 is 20.0. The normalized spacial score (nSPS) is 16.5. The Morgan fingerprint density at radius 1 is 1.16 bits per heavy atom. The number of methoxy groups -OCH3 is 1. The molecule has 2 heterocycles. The largest absolute Gasteiger partial charge is 0.496 e. The van der Waals surface area contributed by atoms with Gasteiger partial charge in [-0.25, -0.2) is 9.37 Å². The number of halogens is 1. The monoisotopic (exact) mass is 434 g/mol. The molecule has 4 rings (SSSR count). The van der Waals surface area contributed by atoms with Gasteiger partial charge >= 0.3 is 0 Å². The molecule has 1 N–H and O–H groups in total. The van der Waals surface area contributed by atoms with Crippen LogP contribution in [-0.2, 0) is 0 Å². The van der Waals surface area contributed by atoms with E-state index in [1.54, 1.807) is 42.5 Å². The maximum Gasteiger partial charge on any atom is 0.262 e. The van der Waals surface area contributed by atoms with Crippen molar-refractivity contribution in [3.63, 3.8) is 0 Å². The second-order valence-corrected chi connectivity index (χ2v) is 7.62. The van der Waals surface area contributed by atoms with Crippen LogP contribution < -0.4 is 15.0 Å². The van der Waals surface area contributed by atoms with Crippen LogP contribution in [0.4, 0.5) is 10.2 Å². The number of benzene rings is 2. The summed E-state index contributed by atoms with van der Waals surface area (Å²) in [5.74, 6) is 0.415. The van der Waals surface area contributed by atoms with E-state index in [1.807, 2.05) is 24.3 Å². The predicted molar refractivity (Wildman–Crippen MR) is 122 cm³/mol. The number of ether oxygens (including phenoxy) is 1. The summed E-state index contributed by atoms with van der Waals surface area (Å²) in [6, 6.07) is 19.6. The first kappa shape index (κ1) is 21.9. The number of hydrogen-bond donors (Lipinski definition) is 1. The number of carbonyl (C=O) groups excluding carboxylic acids is 1. The van der Waals surface area contributed by atoms with Gasteiger partial charge in [0.25, 0.3) is 5.91 Å². The van der Waals surface area contributed by atoms with Crippen molar-refractivity contribution in [1.82, 2.24) is 15.2 Å². The van der Waals surface area contributed by atoms with Crippen LogP contribution >= 0.6 is 0 Å². The Bertz CT molecular complexity index is 1050. The summed E-state index contributed by atoms with van der Waals surface area (Å²) in [5, 5.41) is 3.45. The van der Waals surface area contributed by atoms with E-state index in [4.69, 9.17) is 4.74 Å². The smallest absolute Gasteiger partial charge is 0.262 e. The number of para-hydroxylation sites is 1. The maximum atomic E-state index is 14.4. The van der Waals surface area contributed by atoms with Crippen molar-refractivity contribution in [2.24, 2.45) is 0 Å². The Labute approximate surface area is 187 Å². The first-order valence-corrected chi connectivity index (χ1v) is 10.7. The van der Waals surface area contributed by atoms with Crippen molar-refractivity contribution in [1.29, 1.82) is 0 Å². The average molecular weight is 435 g/mol. The fraction of sp³-hybridized carbons (Fsp3) is 0.280. The minimum atomic E-state index is -0.535. The molecule has 7 heteroatoms. The highest BCUT2D eigenvalue weighted by Gasteiger charge is 2.28. The predicted octanol–water partition coefficient (Wildman–Crippen LogP) is 3.52. The molecule has 1 amide bonds. The molecule has 1 aromatic heterocycles. The molecule has 1 unspecified atom stereocenters. The number of aromatic nitrogens is 1. The molecule has 3 aromatic rings. The molecular weight excluding hydrogens is 407 g/mol. The number of nitrogens with zero attached hydrogens (tertiary/aromatic N) is 3. The van der Waals surface area contributed by atoms with Crippen LogP contribution in [0.15, 0.2) is 72.9 Å². The zero-order valence-electron chi connectivity index (χ0n) is 18.1. The molecule has 6 nitrogen and oxygen atoms in total. The summed E-state index contributed by atoms with van der Waals surface area (Å²) in [5.41, 5.74) is 1.15. The summed E-state index contributed by atoms with van der Waals surface area (Å²) in [6.45, 7) is 3.46. The number of carbonyl (C=O) groups is 1. The van der Waals surface area contributed by atoms with Crippen LogP contribution in [0.1, 0.15) is 22.0 Å². The molecule has 1 aliphatic rings. The van der Waals surface area contributed by atoms with Gasteiger partial charge in [0.05, 0.1) is 18.7 Å². The van der Waals surface area contributed by atoms with Gasteiger partial charge in [-0.05, 0) is 30.3 Å². The van der Waals surface area contributed by atoms with E-state index in [0.29, 0.717) is 18.9 Å². The molecular formula is C25H27FN4O2. The van der Waals surface area contributed by atoms with E-state index in [1.165, 1.54) is 12.1 Å². The number of hydrogen-bond acceptors (Lipinski definition) is 5. The third-order valence-electron chi connectivity index (χ3n) is 5.74. The molecule has 0 bridgehead atoms. The third kappa shape index (κ3) is 4.79. The van der Waals surface area contributed by atoms with Crippen LogP contribution in [0.2, 0.25) is 0 Å². The second kappa shape index (κ2) is 10.3. The number of pyridine rings is 1. The molecule has 2 aromatic carbocycles. The lowest BCUT2D eigenvalue weighted by Crippen LogP contribution is -2.49. The SMILES string of the molecule is COc1ccccc1C1CNCCN1CCN(C(=O)c1ccccc1F)c1ccccn1. The topological polar surface area (TPSA) is 57.7 Å². The Hall–Kier alpha value is -3.29. The third-order valence-corrected chi connectivity index (χ3v) is 5.74. The highest BCUT2D eigenvalue weighted by Crippen LogP contribution is 2.30. The minimum absolute atomic E-state index is 0.0414. The Morgan fingerprint density at radius 2 is 1.94 bits per heavy atom. The Kier molecular flexibility index (Phi) is 7.09. The summed E-state index contributed by atoms with van der Waals surface area (Å²) in [7, 11) is 1.68. The van der Waals surface area contributed by atoms with Gasteiger partial charge in [-0.2, -0.15) is 0 Å². The van der Waals surface area contributed by atoms with Crippen molar-refractivity contribution in [2.45, 2.75) is 6.04 Å². The Morgan fingerprint density at radius 3 is 2.72 bits per heavy atom. The fourth-order valence-corrected chi connectivity index (χ4v) is 4.10. The second-order valence-electron chi connectivity index (χ2n) is 7.62. The van der Waals surface area contributed by atoms with Gasteiger partial charge in [0, 0.05) is 44.5 Å². The molecule has 0 saturated carbocycles. The summed E-state index contributed by atoms with van der Waals surface area (Å²) >= 11 is 0. The lowest BCUT2D eigenvalue weighted by atomic mass is 10.0. The molecule has 1 fully saturated rings. The number of amides is 1. The van der Waals surface area contributed by atoms with Crippen molar-refractivity contribution >= 4 is 11.7 Å². The van der Waals surface area contributed by atoms with Crippen molar-refractivity contribution in [3.8, 4) is 5.75 Å². The number of piperazine rings is 1. The summed E-state index contributed by atoms with van der Waals surface area (Å²) in [6.07, 6.45) is 1.64. The number of anilines is 1.